The minimum absolute atomic E-state index is 0.0314. The molecule has 0 bridgehead atoms. The number of carbonyl (C=O) groups excluding carboxylic acids is 1. The lowest BCUT2D eigenvalue weighted by molar-refractivity contribution is -0.384. The van der Waals surface area contributed by atoms with Crippen molar-refractivity contribution in [3.8, 4) is 5.69 Å². The zero-order valence-electron chi connectivity index (χ0n) is 14.4. The Kier molecular flexibility index (Phi) is 5.12. The van der Waals surface area contributed by atoms with E-state index in [1.807, 2.05) is 53.4 Å². The molecule has 0 N–H and O–H groups in total. The monoisotopic (exact) mass is 349 g/mol. The van der Waals surface area contributed by atoms with Crippen molar-refractivity contribution >= 4 is 11.6 Å². The van der Waals surface area contributed by atoms with E-state index in [1.165, 1.54) is 12.1 Å². The summed E-state index contributed by atoms with van der Waals surface area (Å²) in [5, 5.41) is 10.8. The van der Waals surface area contributed by atoms with E-state index in [4.69, 9.17) is 0 Å². The summed E-state index contributed by atoms with van der Waals surface area (Å²) >= 11 is 0. The highest BCUT2D eigenvalue weighted by Gasteiger charge is 2.12. The third-order valence-electron chi connectivity index (χ3n) is 4.16. The van der Waals surface area contributed by atoms with E-state index in [0.717, 1.165) is 16.8 Å². The fourth-order valence-electron chi connectivity index (χ4n) is 2.73. The summed E-state index contributed by atoms with van der Waals surface area (Å²) in [5.74, 6) is -0.0368. The molecule has 1 heterocycles. The quantitative estimate of drug-likeness (QED) is 0.504. The molecule has 0 atom stereocenters. The van der Waals surface area contributed by atoms with Gasteiger partial charge in [0, 0.05) is 43.8 Å². The number of non-ortho nitro benzene ring substituents is 1. The van der Waals surface area contributed by atoms with Gasteiger partial charge in [-0.15, -0.1) is 0 Å². The fraction of sp³-hybridized carbons (Fsp3) is 0.150. The Hall–Kier alpha value is -3.41. The number of rotatable bonds is 6. The molecule has 2 aromatic carbocycles. The van der Waals surface area contributed by atoms with Crippen LogP contribution in [0.15, 0.2) is 73.1 Å². The van der Waals surface area contributed by atoms with E-state index < -0.39 is 4.92 Å². The first kappa shape index (κ1) is 17.4. The Balaban J connectivity index is 1.62. The van der Waals surface area contributed by atoms with Gasteiger partial charge in [-0.25, -0.2) is 0 Å². The lowest BCUT2D eigenvalue weighted by Gasteiger charge is -2.17. The van der Waals surface area contributed by atoms with Crippen LogP contribution in [-0.2, 0) is 17.8 Å². The molecule has 132 valence electrons. The van der Waals surface area contributed by atoms with Gasteiger partial charge >= 0.3 is 0 Å². The predicted molar refractivity (Wildman–Crippen MR) is 99.0 cm³/mol. The molecule has 3 rings (SSSR count). The van der Waals surface area contributed by atoms with Gasteiger partial charge in [-0.1, -0.05) is 24.3 Å². The van der Waals surface area contributed by atoms with Crippen LogP contribution in [0.25, 0.3) is 5.69 Å². The highest BCUT2D eigenvalue weighted by Crippen LogP contribution is 2.15. The lowest BCUT2D eigenvalue weighted by atomic mass is 10.1. The fourth-order valence-corrected chi connectivity index (χ4v) is 2.73. The summed E-state index contributed by atoms with van der Waals surface area (Å²) in [7, 11) is 1.70. The molecule has 6 heteroatoms. The van der Waals surface area contributed by atoms with Gasteiger partial charge in [-0.3, -0.25) is 14.9 Å². The number of hydrogen-bond acceptors (Lipinski definition) is 3. The topological polar surface area (TPSA) is 68.4 Å². The molecule has 6 nitrogen and oxygen atoms in total. The summed E-state index contributed by atoms with van der Waals surface area (Å²) in [5.41, 5.74) is 2.73. The van der Waals surface area contributed by atoms with Crippen LogP contribution in [0, 0.1) is 10.1 Å². The molecule has 0 unspecified atom stereocenters. The SMILES string of the molecule is CN(Cc1cccc([N+](=O)[O-])c1)C(=O)Cc1ccc(-n2cccc2)cc1. The number of nitro benzene ring substituents is 1. The molecule has 0 aliphatic carbocycles. The maximum atomic E-state index is 12.4. The second-order valence-electron chi connectivity index (χ2n) is 6.11. The number of nitrogens with zero attached hydrogens (tertiary/aromatic N) is 3. The minimum atomic E-state index is -0.433. The molecule has 0 radical (unpaired) electrons. The van der Waals surface area contributed by atoms with E-state index >= 15 is 0 Å². The van der Waals surface area contributed by atoms with Crippen LogP contribution in [0.3, 0.4) is 0 Å². The second kappa shape index (κ2) is 7.65. The van der Waals surface area contributed by atoms with Crippen molar-refractivity contribution in [3.05, 3.63) is 94.3 Å². The van der Waals surface area contributed by atoms with Crippen molar-refractivity contribution in [2.75, 3.05) is 7.05 Å². The standard InChI is InChI=1S/C20H19N3O3/c1-21(15-17-5-4-6-19(13-17)23(25)26)20(24)14-16-7-9-18(10-8-16)22-11-2-3-12-22/h2-13H,14-15H2,1H3. The predicted octanol–water partition coefficient (Wildman–Crippen LogP) is 3.59. The van der Waals surface area contributed by atoms with Crippen LogP contribution >= 0.6 is 0 Å². The molecule has 0 spiro atoms. The van der Waals surface area contributed by atoms with Crippen molar-refractivity contribution in [2.24, 2.45) is 0 Å². The van der Waals surface area contributed by atoms with Gasteiger partial charge in [0.25, 0.3) is 5.69 Å². The number of likely N-dealkylation sites (N-methyl/N-ethyl adjacent to an activating group) is 1. The van der Waals surface area contributed by atoms with E-state index in [1.54, 1.807) is 24.1 Å². The van der Waals surface area contributed by atoms with E-state index in [-0.39, 0.29) is 18.0 Å². The third kappa shape index (κ3) is 4.16. The van der Waals surface area contributed by atoms with Crippen molar-refractivity contribution in [3.63, 3.8) is 0 Å². The number of benzene rings is 2. The first-order valence-corrected chi connectivity index (χ1v) is 8.22. The first-order chi connectivity index (χ1) is 12.5. The van der Waals surface area contributed by atoms with Gasteiger partial charge in [0.1, 0.15) is 0 Å². The van der Waals surface area contributed by atoms with E-state index in [9.17, 15) is 14.9 Å². The smallest absolute Gasteiger partial charge is 0.269 e. The summed E-state index contributed by atoms with van der Waals surface area (Å²) < 4.78 is 2.00. The second-order valence-corrected chi connectivity index (χ2v) is 6.11. The van der Waals surface area contributed by atoms with Gasteiger partial charge in [0.05, 0.1) is 11.3 Å². The number of nitro groups is 1. The molecule has 3 aromatic rings. The van der Waals surface area contributed by atoms with Crippen molar-refractivity contribution in [1.29, 1.82) is 0 Å². The van der Waals surface area contributed by atoms with Crippen LogP contribution in [0.2, 0.25) is 0 Å². The average molecular weight is 349 g/mol. The number of carbonyl (C=O) groups is 1. The Morgan fingerprint density at radius 2 is 1.73 bits per heavy atom. The lowest BCUT2D eigenvalue weighted by Crippen LogP contribution is -2.27. The Labute approximate surface area is 151 Å². The van der Waals surface area contributed by atoms with E-state index in [0.29, 0.717) is 6.54 Å². The molecule has 0 aliphatic heterocycles. The van der Waals surface area contributed by atoms with Crippen molar-refractivity contribution in [1.82, 2.24) is 9.47 Å². The maximum absolute atomic E-state index is 12.4. The summed E-state index contributed by atoms with van der Waals surface area (Å²) in [6, 6.07) is 18.1. The largest absolute Gasteiger partial charge is 0.341 e. The number of hydrogen-bond donors (Lipinski definition) is 0. The maximum Gasteiger partial charge on any atom is 0.269 e. The van der Waals surface area contributed by atoms with Gasteiger partial charge in [0.2, 0.25) is 5.91 Å². The molecular formula is C20H19N3O3. The number of amides is 1. The van der Waals surface area contributed by atoms with Gasteiger partial charge in [0.15, 0.2) is 0 Å². The Morgan fingerprint density at radius 3 is 2.38 bits per heavy atom. The zero-order valence-corrected chi connectivity index (χ0v) is 14.4. The molecule has 0 saturated heterocycles. The minimum Gasteiger partial charge on any atom is -0.341 e. The van der Waals surface area contributed by atoms with Crippen LogP contribution < -0.4 is 0 Å². The molecule has 0 fully saturated rings. The summed E-state index contributed by atoms with van der Waals surface area (Å²) in [6.45, 7) is 0.335. The van der Waals surface area contributed by atoms with Gasteiger partial charge < -0.3 is 9.47 Å². The van der Waals surface area contributed by atoms with E-state index in [2.05, 4.69) is 0 Å². The summed E-state index contributed by atoms with van der Waals surface area (Å²) in [4.78, 5) is 24.4. The zero-order chi connectivity index (χ0) is 18.5. The average Bonchev–Trinajstić information content (AvgIpc) is 3.17. The van der Waals surface area contributed by atoms with Crippen LogP contribution in [0.4, 0.5) is 5.69 Å². The normalized spacial score (nSPS) is 10.5. The number of aromatic nitrogens is 1. The Bertz CT molecular complexity index is 902. The molecule has 0 aliphatic rings. The Morgan fingerprint density at radius 1 is 1.04 bits per heavy atom. The first-order valence-electron chi connectivity index (χ1n) is 8.22. The van der Waals surface area contributed by atoms with Gasteiger partial charge in [-0.05, 0) is 35.4 Å². The summed E-state index contributed by atoms with van der Waals surface area (Å²) in [6.07, 6.45) is 4.22. The molecule has 0 saturated carbocycles. The van der Waals surface area contributed by atoms with Crippen molar-refractivity contribution < 1.29 is 9.72 Å². The van der Waals surface area contributed by atoms with Crippen LogP contribution in [0.1, 0.15) is 11.1 Å². The van der Waals surface area contributed by atoms with Crippen LogP contribution in [0.5, 0.6) is 0 Å². The van der Waals surface area contributed by atoms with Crippen LogP contribution in [-0.4, -0.2) is 27.3 Å². The third-order valence-corrected chi connectivity index (χ3v) is 4.16. The van der Waals surface area contributed by atoms with Gasteiger partial charge in [-0.2, -0.15) is 0 Å². The molecule has 1 aromatic heterocycles. The highest BCUT2D eigenvalue weighted by atomic mass is 16.6. The molecule has 1 amide bonds. The molecular weight excluding hydrogens is 330 g/mol. The molecule has 26 heavy (non-hydrogen) atoms. The van der Waals surface area contributed by atoms with Crippen molar-refractivity contribution in [2.45, 2.75) is 13.0 Å². The highest BCUT2D eigenvalue weighted by molar-refractivity contribution is 5.78.